The van der Waals surface area contributed by atoms with Crippen LogP contribution in [0.1, 0.15) is 16.7 Å². The molecule has 36 heavy (non-hydrogen) atoms. The lowest BCUT2D eigenvalue weighted by Gasteiger charge is -2.11. The maximum atomic E-state index is 14.4. The monoisotopic (exact) mass is 550 g/mol. The topological polar surface area (TPSA) is 80.8 Å². The number of hydrogen-bond donors (Lipinski definition) is 2. The van der Waals surface area contributed by atoms with Crippen LogP contribution in [0.3, 0.4) is 0 Å². The molecule has 0 amide bonds. The molecule has 0 saturated carbocycles. The number of aromatic amines is 1. The normalized spacial score (nSPS) is 13.4. The summed E-state index contributed by atoms with van der Waals surface area (Å²) in [5.41, 5.74) is -3.23. The van der Waals surface area contributed by atoms with Gasteiger partial charge in [-0.1, -0.05) is 35.9 Å². The summed E-state index contributed by atoms with van der Waals surface area (Å²) < 4.78 is 117. The molecule has 0 radical (unpaired) electrons. The molecule has 0 aliphatic carbocycles. The number of H-pyrrole nitrogens is 1. The SMILES string of the molecule is O=S([O-])NCc1ccc(-c2ccc(-c3nc4c(C(F)(F)F)cc(C(F)(F)F)cc4[nH]3)cc2Cl)cc1F. The van der Waals surface area contributed by atoms with Crippen molar-refractivity contribution in [1.82, 2.24) is 14.7 Å². The Hall–Kier alpha value is -3.00. The van der Waals surface area contributed by atoms with Gasteiger partial charge in [-0.3, -0.25) is 4.21 Å². The Bertz CT molecular complexity index is 1490. The molecule has 14 heteroatoms. The van der Waals surface area contributed by atoms with Crippen molar-refractivity contribution in [3.05, 3.63) is 76.1 Å². The molecule has 4 aromatic rings. The fourth-order valence-corrected chi connectivity index (χ4v) is 4.09. The number of imidazole rings is 1. The molecule has 1 unspecified atom stereocenters. The van der Waals surface area contributed by atoms with Gasteiger partial charge in [-0.2, -0.15) is 26.3 Å². The third kappa shape index (κ3) is 5.38. The first kappa shape index (κ1) is 26.1. The van der Waals surface area contributed by atoms with Gasteiger partial charge in [0.15, 0.2) is 0 Å². The number of nitrogens with zero attached hydrogens (tertiary/aromatic N) is 1. The van der Waals surface area contributed by atoms with E-state index in [9.17, 15) is 39.5 Å². The highest BCUT2D eigenvalue weighted by Crippen LogP contribution is 2.40. The zero-order chi connectivity index (χ0) is 26.4. The maximum absolute atomic E-state index is 14.4. The molecule has 5 nitrogen and oxygen atoms in total. The summed E-state index contributed by atoms with van der Waals surface area (Å²) in [5, 5.41) is 0.0610. The van der Waals surface area contributed by atoms with Crippen molar-refractivity contribution in [2.24, 2.45) is 0 Å². The number of aromatic nitrogens is 2. The van der Waals surface area contributed by atoms with Crippen molar-refractivity contribution in [3.8, 4) is 22.5 Å². The van der Waals surface area contributed by atoms with E-state index in [0.717, 1.165) is 6.07 Å². The Labute approximate surface area is 205 Å². The van der Waals surface area contributed by atoms with Gasteiger partial charge in [-0.05, 0) is 29.8 Å². The summed E-state index contributed by atoms with van der Waals surface area (Å²) in [5.74, 6) is -0.857. The second-order valence-corrected chi connectivity index (χ2v) is 8.72. The third-order valence-electron chi connectivity index (χ3n) is 5.21. The molecule has 2 N–H and O–H groups in total. The van der Waals surface area contributed by atoms with Crippen LogP contribution in [0.2, 0.25) is 5.02 Å². The lowest BCUT2D eigenvalue weighted by Crippen LogP contribution is -2.16. The fraction of sp³-hybridized carbons (Fsp3) is 0.136. The first-order valence-corrected chi connectivity index (χ1v) is 11.3. The van der Waals surface area contributed by atoms with E-state index in [0.29, 0.717) is 17.2 Å². The van der Waals surface area contributed by atoms with Gasteiger partial charge in [0.05, 0.1) is 16.6 Å². The second-order valence-electron chi connectivity index (χ2n) is 7.56. The van der Waals surface area contributed by atoms with Gasteiger partial charge >= 0.3 is 12.4 Å². The predicted molar refractivity (Wildman–Crippen MR) is 118 cm³/mol. The van der Waals surface area contributed by atoms with Gasteiger partial charge in [0, 0.05) is 39.5 Å². The van der Waals surface area contributed by atoms with E-state index in [1.54, 1.807) is 0 Å². The van der Waals surface area contributed by atoms with E-state index >= 15 is 0 Å². The van der Waals surface area contributed by atoms with E-state index < -0.39 is 51.6 Å². The summed E-state index contributed by atoms with van der Waals surface area (Å²) in [6.45, 7) is -0.267. The minimum Gasteiger partial charge on any atom is -0.760 e. The van der Waals surface area contributed by atoms with E-state index in [1.165, 1.54) is 30.3 Å². The molecule has 1 aromatic heterocycles. The summed E-state index contributed by atoms with van der Waals surface area (Å²) in [4.78, 5) is 6.33. The molecule has 1 atom stereocenters. The van der Waals surface area contributed by atoms with E-state index in [-0.39, 0.29) is 34.6 Å². The first-order valence-electron chi connectivity index (χ1n) is 9.83. The van der Waals surface area contributed by atoms with Crippen molar-refractivity contribution in [2.75, 3.05) is 0 Å². The van der Waals surface area contributed by atoms with Crippen LogP contribution in [0.4, 0.5) is 30.7 Å². The van der Waals surface area contributed by atoms with Crippen LogP contribution in [-0.2, 0) is 30.2 Å². The van der Waals surface area contributed by atoms with Crippen molar-refractivity contribution >= 4 is 33.9 Å². The molecule has 0 aliphatic heterocycles. The Morgan fingerprint density at radius 3 is 2.25 bits per heavy atom. The maximum Gasteiger partial charge on any atom is 0.418 e. The number of alkyl halides is 6. The third-order valence-corrected chi connectivity index (χ3v) is 5.90. The number of fused-ring (bicyclic) bond motifs is 1. The Morgan fingerprint density at radius 2 is 1.67 bits per heavy atom. The van der Waals surface area contributed by atoms with Crippen LogP contribution in [0.25, 0.3) is 33.5 Å². The van der Waals surface area contributed by atoms with Gasteiger partial charge in [0.2, 0.25) is 0 Å². The molecule has 0 spiro atoms. The highest BCUT2D eigenvalue weighted by molar-refractivity contribution is 7.77. The average Bonchev–Trinajstić information content (AvgIpc) is 3.20. The van der Waals surface area contributed by atoms with Crippen LogP contribution in [0.5, 0.6) is 0 Å². The van der Waals surface area contributed by atoms with Crippen LogP contribution >= 0.6 is 11.6 Å². The summed E-state index contributed by atoms with van der Waals surface area (Å²) >= 11 is 3.74. The van der Waals surface area contributed by atoms with Gasteiger partial charge < -0.3 is 9.54 Å². The van der Waals surface area contributed by atoms with E-state index in [4.69, 9.17) is 11.6 Å². The highest BCUT2D eigenvalue weighted by Gasteiger charge is 2.39. The van der Waals surface area contributed by atoms with Crippen molar-refractivity contribution in [1.29, 1.82) is 0 Å². The van der Waals surface area contributed by atoms with Crippen LogP contribution in [0.15, 0.2) is 48.5 Å². The Kier molecular flexibility index (Phi) is 6.86. The molecule has 3 aromatic carbocycles. The number of halogens is 8. The summed E-state index contributed by atoms with van der Waals surface area (Å²) in [6, 6.07) is 8.68. The second kappa shape index (κ2) is 9.47. The molecule has 0 aliphatic rings. The molecule has 190 valence electrons. The molecular formula is C22H12ClF7N3O2S-. The zero-order valence-corrected chi connectivity index (χ0v) is 19.1. The number of benzene rings is 3. The van der Waals surface area contributed by atoms with Gasteiger partial charge in [0.25, 0.3) is 0 Å². The first-order chi connectivity index (χ1) is 16.7. The van der Waals surface area contributed by atoms with Gasteiger partial charge in [-0.15, -0.1) is 0 Å². The van der Waals surface area contributed by atoms with E-state index in [2.05, 4.69) is 9.97 Å². The average molecular weight is 551 g/mol. The molecule has 4 rings (SSSR count). The smallest absolute Gasteiger partial charge is 0.418 e. The largest absolute Gasteiger partial charge is 0.760 e. The predicted octanol–water partition coefficient (Wildman–Crippen LogP) is 6.61. The van der Waals surface area contributed by atoms with Crippen molar-refractivity contribution < 1.29 is 39.5 Å². The quantitative estimate of drug-likeness (QED) is 0.217. The van der Waals surface area contributed by atoms with Crippen LogP contribution < -0.4 is 4.72 Å². The zero-order valence-electron chi connectivity index (χ0n) is 17.5. The van der Waals surface area contributed by atoms with Crippen molar-refractivity contribution in [3.63, 3.8) is 0 Å². The molecular weight excluding hydrogens is 539 g/mol. The minimum atomic E-state index is -5.08. The Morgan fingerprint density at radius 1 is 0.972 bits per heavy atom. The molecule has 0 bridgehead atoms. The van der Waals surface area contributed by atoms with E-state index in [1.807, 2.05) is 4.72 Å². The molecule has 1 heterocycles. The minimum absolute atomic E-state index is 0.00544. The standard InChI is InChI=1S/C22H13ClF7N3O2S/c23-16-5-11(3-4-14(16)10-1-2-12(17(24)6-10)9-31-36(34)35)20-32-18-8-13(21(25,26)27)7-15(19(18)33-20)22(28,29)30/h1-8,31H,9H2,(H,32,33)(H,34,35)/p-1. The highest BCUT2D eigenvalue weighted by atomic mass is 35.5. The van der Waals surface area contributed by atoms with Crippen LogP contribution in [-0.4, -0.2) is 18.7 Å². The molecule has 0 saturated heterocycles. The van der Waals surface area contributed by atoms with Gasteiger partial charge in [0.1, 0.15) is 17.2 Å². The van der Waals surface area contributed by atoms with Crippen LogP contribution in [0, 0.1) is 5.82 Å². The number of nitrogens with one attached hydrogen (secondary N) is 2. The molecule has 0 fully saturated rings. The number of rotatable bonds is 5. The fourth-order valence-electron chi connectivity index (χ4n) is 3.53. The summed E-state index contributed by atoms with van der Waals surface area (Å²) in [6.07, 6.45) is -10.1. The van der Waals surface area contributed by atoms with Gasteiger partial charge in [-0.25, -0.2) is 14.1 Å². The van der Waals surface area contributed by atoms with Crippen molar-refractivity contribution in [2.45, 2.75) is 18.9 Å². The summed E-state index contributed by atoms with van der Waals surface area (Å²) in [7, 11) is 0. The lowest BCUT2D eigenvalue weighted by molar-refractivity contribution is -0.142. The Balaban J connectivity index is 1.73. The lowest BCUT2D eigenvalue weighted by atomic mass is 10.0. The number of hydrogen-bond acceptors (Lipinski definition) is 3.